The van der Waals surface area contributed by atoms with Crippen LogP contribution in [0, 0.1) is 20.8 Å². The first kappa shape index (κ1) is 10.5. The number of aromatic nitrogens is 2. The third-order valence-electron chi connectivity index (χ3n) is 2.50. The molecule has 2 heterocycles. The van der Waals surface area contributed by atoms with Gasteiger partial charge < -0.3 is 14.4 Å². The molecule has 0 amide bonds. The molecule has 0 aliphatic carbocycles. The molecule has 0 saturated carbocycles. The van der Waals surface area contributed by atoms with Crippen LogP contribution in [0.25, 0.3) is 5.82 Å². The summed E-state index contributed by atoms with van der Waals surface area (Å²) in [5, 5.41) is 14.7. The highest BCUT2D eigenvalue weighted by Gasteiger charge is 2.13. The fourth-order valence-corrected chi connectivity index (χ4v) is 1.78. The summed E-state index contributed by atoms with van der Waals surface area (Å²) in [6.07, 6.45) is 0. The molecule has 16 heavy (non-hydrogen) atoms. The number of carboxylic acid groups (broad SMARTS) is 1. The van der Waals surface area contributed by atoms with Gasteiger partial charge in [-0.1, -0.05) is 5.16 Å². The number of rotatable bonds is 2. The molecule has 0 aliphatic heterocycles. The summed E-state index contributed by atoms with van der Waals surface area (Å²) in [6, 6.07) is 3.31. The largest absolute Gasteiger partial charge is 0.545 e. The maximum atomic E-state index is 10.9. The predicted octanol–water partition coefficient (Wildman–Crippen LogP) is 0.754. The minimum atomic E-state index is -1.18. The molecule has 0 saturated heterocycles. The number of aromatic carboxylic acids is 1. The summed E-state index contributed by atoms with van der Waals surface area (Å²) in [6.45, 7) is 5.30. The van der Waals surface area contributed by atoms with Crippen LogP contribution in [-0.4, -0.2) is 15.7 Å². The van der Waals surface area contributed by atoms with Crippen LogP contribution in [0.5, 0.6) is 0 Å². The minimum Gasteiger partial charge on any atom is -0.545 e. The highest BCUT2D eigenvalue weighted by Crippen LogP contribution is 2.19. The van der Waals surface area contributed by atoms with Crippen molar-refractivity contribution >= 4 is 5.97 Å². The van der Waals surface area contributed by atoms with Gasteiger partial charge in [-0.05, 0) is 26.8 Å². The molecule has 0 bridgehead atoms. The van der Waals surface area contributed by atoms with E-state index in [0.717, 1.165) is 5.69 Å². The van der Waals surface area contributed by atoms with Crippen molar-refractivity contribution in [2.45, 2.75) is 20.8 Å². The third-order valence-corrected chi connectivity index (χ3v) is 2.50. The van der Waals surface area contributed by atoms with Gasteiger partial charge in [-0.25, -0.2) is 0 Å². The Labute approximate surface area is 92.3 Å². The molecule has 2 aromatic rings. The summed E-state index contributed by atoms with van der Waals surface area (Å²) in [4.78, 5) is 10.9. The first-order chi connectivity index (χ1) is 7.50. The van der Waals surface area contributed by atoms with Gasteiger partial charge in [-0.15, -0.1) is 0 Å². The van der Waals surface area contributed by atoms with Gasteiger partial charge in [0.05, 0.1) is 5.97 Å². The summed E-state index contributed by atoms with van der Waals surface area (Å²) in [5.74, 6) is 0.0806. The van der Waals surface area contributed by atoms with Crippen LogP contribution in [0.3, 0.4) is 0 Å². The fraction of sp³-hybridized carbons (Fsp3) is 0.273. The zero-order valence-electron chi connectivity index (χ0n) is 9.27. The van der Waals surface area contributed by atoms with E-state index in [1.165, 1.54) is 0 Å². The molecule has 2 rings (SSSR count). The molecule has 5 heteroatoms. The number of carbonyl (C=O) groups is 1. The topological polar surface area (TPSA) is 71.1 Å². The predicted molar refractivity (Wildman–Crippen MR) is 54.4 cm³/mol. The van der Waals surface area contributed by atoms with Crippen molar-refractivity contribution in [3.8, 4) is 5.82 Å². The van der Waals surface area contributed by atoms with Crippen molar-refractivity contribution in [3.63, 3.8) is 0 Å². The van der Waals surface area contributed by atoms with E-state index in [2.05, 4.69) is 5.16 Å². The smallest absolute Gasteiger partial charge is 0.180 e. The zero-order valence-corrected chi connectivity index (χ0v) is 9.27. The molecule has 2 aromatic heterocycles. The molecule has 0 aromatic carbocycles. The first-order valence-corrected chi connectivity index (χ1v) is 4.84. The Bertz CT molecular complexity index is 552. The second-order valence-electron chi connectivity index (χ2n) is 3.70. The van der Waals surface area contributed by atoms with Crippen molar-refractivity contribution in [2.75, 3.05) is 0 Å². The van der Waals surface area contributed by atoms with Gasteiger partial charge in [-0.3, -0.25) is 4.57 Å². The van der Waals surface area contributed by atoms with E-state index in [1.807, 2.05) is 6.92 Å². The molecule has 84 valence electrons. The summed E-state index contributed by atoms with van der Waals surface area (Å²) in [5.41, 5.74) is 1.55. The van der Waals surface area contributed by atoms with Crippen LogP contribution in [0.2, 0.25) is 0 Å². The van der Waals surface area contributed by atoms with E-state index < -0.39 is 5.97 Å². The Morgan fingerprint density at radius 2 is 2.06 bits per heavy atom. The fourth-order valence-electron chi connectivity index (χ4n) is 1.78. The normalized spacial score (nSPS) is 10.7. The van der Waals surface area contributed by atoms with Crippen molar-refractivity contribution in [1.29, 1.82) is 0 Å². The second kappa shape index (κ2) is 3.52. The highest BCUT2D eigenvalue weighted by atomic mass is 16.5. The number of nitrogens with zero attached hydrogens (tertiary/aromatic N) is 2. The molecular formula is C11H11N2O3-. The quantitative estimate of drug-likeness (QED) is 0.747. The standard InChI is InChI=1S/C11H12N2O3/c1-6-4-9(11(14)15)8(3)13(6)10-5-7(2)16-12-10/h4-5H,1-3H3,(H,14,15)/p-1. The maximum Gasteiger partial charge on any atom is 0.180 e. The SMILES string of the molecule is Cc1cc(-n2c(C)cc(C(=O)[O-])c2C)no1. The highest BCUT2D eigenvalue weighted by molar-refractivity contribution is 5.87. The number of hydrogen-bond acceptors (Lipinski definition) is 4. The van der Waals surface area contributed by atoms with Crippen LogP contribution in [0.1, 0.15) is 27.5 Å². The number of aryl methyl sites for hydroxylation is 2. The van der Waals surface area contributed by atoms with Crippen molar-refractivity contribution < 1.29 is 14.4 Å². The molecule has 5 nitrogen and oxygen atoms in total. The van der Waals surface area contributed by atoms with E-state index in [9.17, 15) is 9.90 Å². The Morgan fingerprint density at radius 3 is 2.50 bits per heavy atom. The number of carbonyl (C=O) groups excluding carboxylic acids is 1. The van der Waals surface area contributed by atoms with Crippen molar-refractivity contribution in [1.82, 2.24) is 9.72 Å². The monoisotopic (exact) mass is 219 g/mol. The van der Waals surface area contributed by atoms with Gasteiger partial charge in [0.1, 0.15) is 5.76 Å². The van der Waals surface area contributed by atoms with Crippen LogP contribution in [0.4, 0.5) is 0 Å². The summed E-state index contributed by atoms with van der Waals surface area (Å²) in [7, 11) is 0. The summed E-state index contributed by atoms with van der Waals surface area (Å²) < 4.78 is 6.69. The Hall–Kier alpha value is -2.04. The van der Waals surface area contributed by atoms with Gasteiger partial charge in [-0.2, -0.15) is 0 Å². The van der Waals surface area contributed by atoms with Gasteiger partial charge in [0.2, 0.25) is 0 Å². The van der Waals surface area contributed by atoms with E-state index >= 15 is 0 Å². The van der Waals surface area contributed by atoms with Gasteiger partial charge >= 0.3 is 0 Å². The molecule has 0 radical (unpaired) electrons. The molecule has 0 N–H and O–H groups in total. The molecule has 0 atom stereocenters. The van der Waals surface area contributed by atoms with E-state index in [4.69, 9.17) is 4.52 Å². The van der Waals surface area contributed by atoms with E-state index in [1.54, 1.807) is 30.5 Å². The molecular weight excluding hydrogens is 208 g/mol. The van der Waals surface area contributed by atoms with Crippen LogP contribution >= 0.6 is 0 Å². The number of carboxylic acids is 1. The average molecular weight is 219 g/mol. The maximum absolute atomic E-state index is 10.9. The first-order valence-electron chi connectivity index (χ1n) is 4.84. The molecule has 0 fully saturated rings. The van der Waals surface area contributed by atoms with Crippen LogP contribution in [-0.2, 0) is 0 Å². The lowest BCUT2D eigenvalue weighted by atomic mass is 10.2. The van der Waals surface area contributed by atoms with E-state index in [-0.39, 0.29) is 5.56 Å². The Morgan fingerprint density at radius 1 is 1.38 bits per heavy atom. The minimum absolute atomic E-state index is 0.179. The third kappa shape index (κ3) is 1.50. The second-order valence-corrected chi connectivity index (χ2v) is 3.70. The lowest BCUT2D eigenvalue weighted by Crippen LogP contribution is -2.22. The Kier molecular flexibility index (Phi) is 2.30. The number of hydrogen-bond donors (Lipinski definition) is 0. The van der Waals surface area contributed by atoms with Crippen LogP contribution in [0.15, 0.2) is 16.7 Å². The molecule has 0 aliphatic rings. The Balaban J connectivity index is 2.61. The average Bonchev–Trinajstić information content (AvgIpc) is 2.71. The molecule has 0 unspecified atom stereocenters. The summed E-state index contributed by atoms with van der Waals surface area (Å²) >= 11 is 0. The zero-order chi connectivity index (χ0) is 11.9. The molecule has 0 spiro atoms. The van der Waals surface area contributed by atoms with Gasteiger partial charge in [0, 0.05) is 23.0 Å². The van der Waals surface area contributed by atoms with Gasteiger partial charge in [0.25, 0.3) is 0 Å². The lowest BCUT2D eigenvalue weighted by Gasteiger charge is -2.05. The van der Waals surface area contributed by atoms with Crippen molar-refractivity contribution in [2.24, 2.45) is 0 Å². The van der Waals surface area contributed by atoms with Gasteiger partial charge in [0.15, 0.2) is 5.82 Å². The lowest BCUT2D eigenvalue weighted by molar-refractivity contribution is -0.255. The van der Waals surface area contributed by atoms with Crippen molar-refractivity contribution in [3.05, 3.63) is 34.8 Å². The van der Waals surface area contributed by atoms with Crippen LogP contribution < -0.4 is 5.11 Å². The van der Waals surface area contributed by atoms with E-state index in [0.29, 0.717) is 17.3 Å².